The lowest BCUT2D eigenvalue weighted by atomic mass is 10.2. The Labute approximate surface area is 183 Å². The van der Waals surface area contributed by atoms with Gasteiger partial charge in [-0.25, -0.2) is 4.68 Å². The van der Waals surface area contributed by atoms with E-state index in [0.717, 1.165) is 0 Å². The van der Waals surface area contributed by atoms with Gasteiger partial charge in [0.05, 0.1) is 18.0 Å². The van der Waals surface area contributed by atoms with Crippen molar-refractivity contribution >= 4 is 17.5 Å². The van der Waals surface area contributed by atoms with Gasteiger partial charge in [-0.05, 0) is 49.7 Å². The van der Waals surface area contributed by atoms with E-state index in [0.29, 0.717) is 22.0 Å². The molecular weight excluding hydrogens is 430 g/mol. The highest BCUT2D eigenvalue weighted by molar-refractivity contribution is 6.30. The van der Waals surface area contributed by atoms with Crippen molar-refractivity contribution < 1.29 is 23.0 Å². The second-order valence-corrected chi connectivity index (χ2v) is 7.11. The molecule has 0 atom stereocenters. The van der Waals surface area contributed by atoms with E-state index in [9.17, 15) is 13.6 Å². The average Bonchev–Trinajstić information content (AvgIpc) is 3.10. The van der Waals surface area contributed by atoms with Crippen molar-refractivity contribution in [3.05, 3.63) is 64.4 Å². The first-order chi connectivity index (χ1) is 14.8. The van der Waals surface area contributed by atoms with E-state index >= 15 is 0 Å². The van der Waals surface area contributed by atoms with Crippen molar-refractivity contribution in [2.45, 2.75) is 27.0 Å². The number of hydrogen-bond donors (Lipinski definition) is 0. The fraction of sp³-hybridized carbons (Fsp3) is 0.286. The Morgan fingerprint density at radius 1 is 1.23 bits per heavy atom. The lowest BCUT2D eigenvalue weighted by Crippen LogP contribution is -2.27. The number of rotatable bonds is 8. The first-order valence-corrected chi connectivity index (χ1v) is 9.82. The van der Waals surface area contributed by atoms with Crippen LogP contribution in [0.25, 0.3) is 5.69 Å². The minimum absolute atomic E-state index is 0.0603. The zero-order valence-corrected chi connectivity index (χ0v) is 17.9. The van der Waals surface area contributed by atoms with Gasteiger partial charge in [-0.3, -0.25) is 4.79 Å². The van der Waals surface area contributed by atoms with Crippen LogP contribution in [0.1, 0.15) is 28.7 Å². The predicted octanol–water partition coefficient (Wildman–Crippen LogP) is 4.50. The predicted molar refractivity (Wildman–Crippen MR) is 111 cm³/mol. The highest BCUT2D eigenvalue weighted by Crippen LogP contribution is 2.30. The highest BCUT2D eigenvalue weighted by Gasteiger charge is 2.21. The molecule has 3 aromatic rings. The molecule has 1 aromatic heterocycles. The fourth-order valence-corrected chi connectivity index (χ4v) is 3.20. The first-order valence-electron chi connectivity index (χ1n) is 9.44. The normalized spacial score (nSPS) is 10.9. The summed E-state index contributed by atoms with van der Waals surface area (Å²) < 4.78 is 36.6. The quantitative estimate of drug-likeness (QED) is 0.505. The van der Waals surface area contributed by atoms with E-state index in [2.05, 4.69) is 15.0 Å². The molecule has 7 nitrogen and oxygen atoms in total. The molecule has 0 spiro atoms. The molecule has 0 aliphatic carbocycles. The number of carbonyl (C=O) groups excluding carboxylic acids is 1. The maximum Gasteiger partial charge on any atom is 0.387 e. The number of amides is 1. The largest absolute Gasteiger partial charge is 0.490 e. The van der Waals surface area contributed by atoms with Crippen molar-refractivity contribution in [3.63, 3.8) is 0 Å². The Kier molecular flexibility index (Phi) is 7.06. The average molecular weight is 451 g/mol. The van der Waals surface area contributed by atoms with Gasteiger partial charge in [0.25, 0.3) is 5.91 Å². The van der Waals surface area contributed by atoms with Crippen LogP contribution in [0.3, 0.4) is 0 Å². The molecule has 0 fully saturated rings. The van der Waals surface area contributed by atoms with E-state index < -0.39 is 6.61 Å². The third-order valence-electron chi connectivity index (χ3n) is 4.44. The van der Waals surface area contributed by atoms with Crippen LogP contribution in [0.2, 0.25) is 5.02 Å². The Morgan fingerprint density at radius 3 is 2.68 bits per heavy atom. The topological polar surface area (TPSA) is 69.5 Å². The van der Waals surface area contributed by atoms with Gasteiger partial charge in [-0.1, -0.05) is 28.9 Å². The van der Waals surface area contributed by atoms with Crippen LogP contribution >= 0.6 is 11.6 Å². The van der Waals surface area contributed by atoms with Crippen LogP contribution in [0.15, 0.2) is 42.5 Å². The van der Waals surface area contributed by atoms with Gasteiger partial charge in [0, 0.05) is 18.6 Å². The number of ether oxygens (including phenoxy) is 2. The molecule has 0 bridgehead atoms. The molecule has 31 heavy (non-hydrogen) atoms. The first kappa shape index (κ1) is 22.5. The number of nitrogens with zero attached hydrogens (tertiary/aromatic N) is 4. The third kappa shape index (κ3) is 5.29. The summed E-state index contributed by atoms with van der Waals surface area (Å²) in [6.07, 6.45) is 0. The molecule has 164 valence electrons. The van der Waals surface area contributed by atoms with Gasteiger partial charge < -0.3 is 14.4 Å². The summed E-state index contributed by atoms with van der Waals surface area (Å²) in [7, 11) is 1.62. The number of carbonyl (C=O) groups is 1. The summed E-state index contributed by atoms with van der Waals surface area (Å²) in [5.41, 5.74) is 2.14. The summed E-state index contributed by atoms with van der Waals surface area (Å²) in [5, 5.41) is 8.64. The number of alkyl halides is 2. The summed E-state index contributed by atoms with van der Waals surface area (Å²) in [6.45, 7) is 1.01. The Balaban J connectivity index is 1.79. The maximum absolute atomic E-state index is 12.9. The molecular formula is C21H21ClF2N4O3. The SMILES string of the molecule is CCOc1cc(CN(C)C(=O)c2nnn(-c3cccc(Cl)c3)c2C)ccc1OC(F)F. The number of aromatic nitrogens is 3. The van der Waals surface area contributed by atoms with Crippen LogP contribution < -0.4 is 9.47 Å². The molecule has 1 amide bonds. The second kappa shape index (κ2) is 9.74. The van der Waals surface area contributed by atoms with Crippen LogP contribution in [-0.2, 0) is 6.54 Å². The monoisotopic (exact) mass is 450 g/mol. The molecule has 0 unspecified atom stereocenters. The van der Waals surface area contributed by atoms with Crippen LogP contribution in [-0.4, -0.2) is 46.1 Å². The third-order valence-corrected chi connectivity index (χ3v) is 4.68. The summed E-state index contributed by atoms with van der Waals surface area (Å²) in [6, 6.07) is 11.6. The summed E-state index contributed by atoms with van der Waals surface area (Å²) in [5.74, 6) is -0.212. The van der Waals surface area contributed by atoms with Gasteiger partial charge in [-0.2, -0.15) is 8.78 Å². The van der Waals surface area contributed by atoms with Crippen LogP contribution in [0, 0.1) is 6.92 Å². The maximum atomic E-state index is 12.9. The molecule has 0 saturated carbocycles. The Morgan fingerprint density at radius 2 is 2.00 bits per heavy atom. The van der Waals surface area contributed by atoms with E-state index in [1.807, 2.05) is 6.07 Å². The van der Waals surface area contributed by atoms with E-state index in [1.165, 1.54) is 15.6 Å². The van der Waals surface area contributed by atoms with Crippen LogP contribution in [0.4, 0.5) is 8.78 Å². The van der Waals surface area contributed by atoms with Crippen molar-refractivity contribution in [2.24, 2.45) is 0 Å². The van der Waals surface area contributed by atoms with Gasteiger partial charge in [-0.15, -0.1) is 5.10 Å². The number of halogens is 3. The Hall–Kier alpha value is -3.20. The van der Waals surface area contributed by atoms with Crippen molar-refractivity contribution in [2.75, 3.05) is 13.7 Å². The molecule has 0 radical (unpaired) electrons. The summed E-state index contributed by atoms with van der Waals surface area (Å²) >= 11 is 6.03. The fourth-order valence-electron chi connectivity index (χ4n) is 3.02. The minimum atomic E-state index is -2.96. The highest BCUT2D eigenvalue weighted by atomic mass is 35.5. The van der Waals surface area contributed by atoms with Gasteiger partial charge >= 0.3 is 6.61 Å². The van der Waals surface area contributed by atoms with Crippen molar-refractivity contribution in [1.29, 1.82) is 0 Å². The van der Waals surface area contributed by atoms with E-state index in [1.54, 1.807) is 51.2 Å². The standard InChI is InChI=1S/C21H21ClF2N4O3/c1-4-30-18-10-14(8-9-17(18)31-21(23)24)12-27(3)20(29)19-13(2)28(26-25-19)16-7-5-6-15(22)11-16/h5-11,21H,4,12H2,1-3H3. The molecule has 0 aliphatic heterocycles. The minimum Gasteiger partial charge on any atom is -0.490 e. The molecule has 2 aromatic carbocycles. The van der Waals surface area contributed by atoms with Gasteiger partial charge in [0.1, 0.15) is 0 Å². The molecule has 0 saturated heterocycles. The lowest BCUT2D eigenvalue weighted by Gasteiger charge is -2.18. The molecule has 1 heterocycles. The zero-order chi connectivity index (χ0) is 22.5. The van der Waals surface area contributed by atoms with Crippen molar-refractivity contribution in [1.82, 2.24) is 19.9 Å². The second-order valence-electron chi connectivity index (χ2n) is 6.67. The van der Waals surface area contributed by atoms with Crippen molar-refractivity contribution in [3.8, 4) is 17.2 Å². The number of benzene rings is 2. The molecule has 10 heteroatoms. The Bertz CT molecular complexity index is 1070. The lowest BCUT2D eigenvalue weighted by molar-refractivity contribution is -0.0514. The summed E-state index contributed by atoms with van der Waals surface area (Å²) in [4.78, 5) is 14.4. The van der Waals surface area contributed by atoms with E-state index in [4.69, 9.17) is 16.3 Å². The van der Waals surface area contributed by atoms with Gasteiger partial charge in [0.2, 0.25) is 0 Å². The number of hydrogen-bond acceptors (Lipinski definition) is 5. The molecule has 0 aliphatic rings. The van der Waals surface area contributed by atoms with E-state index in [-0.39, 0.29) is 36.3 Å². The molecule has 3 rings (SSSR count). The van der Waals surface area contributed by atoms with Gasteiger partial charge in [0.15, 0.2) is 17.2 Å². The van der Waals surface area contributed by atoms with Crippen LogP contribution in [0.5, 0.6) is 11.5 Å². The zero-order valence-electron chi connectivity index (χ0n) is 17.2. The smallest absolute Gasteiger partial charge is 0.387 e. The molecule has 0 N–H and O–H groups in total.